The summed E-state index contributed by atoms with van der Waals surface area (Å²) in [5, 5.41) is 1.88. The van der Waals surface area contributed by atoms with E-state index in [0.29, 0.717) is 0 Å². The van der Waals surface area contributed by atoms with Crippen molar-refractivity contribution in [1.29, 1.82) is 0 Å². The number of hydrogen-bond donors (Lipinski definition) is 1. The Morgan fingerprint density at radius 1 is 1.40 bits per heavy atom. The van der Waals surface area contributed by atoms with E-state index < -0.39 is 0 Å². The van der Waals surface area contributed by atoms with Crippen molar-refractivity contribution in [2.75, 3.05) is 5.73 Å². The van der Waals surface area contributed by atoms with E-state index in [1.807, 2.05) is 28.1 Å². The third kappa shape index (κ3) is 1.43. The average Bonchev–Trinajstić information content (AvgIpc) is 2.84. The fourth-order valence-corrected chi connectivity index (χ4v) is 3.13. The van der Waals surface area contributed by atoms with Crippen molar-refractivity contribution in [2.45, 2.75) is 0 Å². The molecule has 0 spiro atoms. The van der Waals surface area contributed by atoms with Crippen molar-refractivity contribution in [2.24, 2.45) is 0 Å². The van der Waals surface area contributed by atoms with E-state index >= 15 is 0 Å². The molecule has 0 aliphatic rings. The second-order valence-corrected chi connectivity index (χ2v) is 5.59. The number of nitrogens with zero attached hydrogens (tertiary/aromatic N) is 2. The molecule has 76 valence electrons. The van der Waals surface area contributed by atoms with Crippen molar-refractivity contribution < 1.29 is 0 Å². The Balaban J connectivity index is 2.19. The fourth-order valence-electron chi connectivity index (χ4n) is 1.37. The van der Waals surface area contributed by atoms with Gasteiger partial charge >= 0.3 is 0 Å². The molecule has 3 aromatic heterocycles. The highest BCUT2D eigenvalue weighted by molar-refractivity contribution is 7.19. The normalized spacial score (nSPS) is 11.3. The van der Waals surface area contributed by atoms with E-state index in [1.54, 1.807) is 0 Å². The number of fused-ring (bicyclic) bond motifs is 1. The highest BCUT2D eigenvalue weighted by Crippen LogP contribution is 2.31. The van der Waals surface area contributed by atoms with Crippen LogP contribution in [-0.2, 0) is 0 Å². The number of nitrogens with two attached hydrogens (primary N) is 1. The topological polar surface area (TPSA) is 43.3 Å². The van der Waals surface area contributed by atoms with E-state index in [1.165, 1.54) is 22.7 Å². The van der Waals surface area contributed by atoms with Crippen LogP contribution in [0.25, 0.3) is 15.5 Å². The molecule has 0 atom stereocenters. The largest absolute Gasteiger partial charge is 0.384 e. The van der Waals surface area contributed by atoms with E-state index in [9.17, 15) is 0 Å². The first-order valence-electron chi connectivity index (χ1n) is 4.22. The number of thiophene rings is 1. The van der Waals surface area contributed by atoms with Crippen LogP contribution in [0.1, 0.15) is 0 Å². The molecule has 3 aromatic rings. The first-order chi connectivity index (χ1) is 7.24. The molecule has 0 fully saturated rings. The zero-order valence-electron chi connectivity index (χ0n) is 7.48. The molecule has 0 bridgehead atoms. The summed E-state index contributed by atoms with van der Waals surface area (Å²) in [7, 11) is 0. The molecule has 3 nitrogen and oxygen atoms in total. The van der Waals surface area contributed by atoms with Gasteiger partial charge in [-0.3, -0.25) is 4.40 Å². The fraction of sp³-hybridized carbons (Fsp3) is 0. The van der Waals surface area contributed by atoms with Crippen LogP contribution in [0.5, 0.6) is 0 Å². The SMILES string of the molecule is Nc1csc2nc(-c3ccc(Cl)s3)cn12. The Kier molecular flexibility index (Phi) is 1.98. The summed E-state index contributed by atoms with van der Waals surface area (Å²) in [5.74, 6) is 0.719. The Morgan fingerprint density at radius 2 is 2.27 bits per heavy atom. The molecule has 0 amide bonds. The minimum Gasteiger partial charge on any atom is -0.384 e. The number of halogens is 1. The molecular weight excluding hydrogens is 250 g/mol. The van der Waals surface area contributed by atoms with Crippen LogP contribution in [0.2, 0.25) is 4.34 Å². The van der Waals surface area contributed by atoms with Crippen molar-refractivity contribution in [3.8, 4) is 10.6 Å². The summed E-state index contributed by atoms with van der Waals surface area (Å²) >= 11 is 8.93. The summed E-state index contributed by atoms with van der Waals surface area (Å²) < 4.78 is 2.66. The molecular formula is C9H6ClN3S2. The predicted octanol–water partition coefficient (Wildman–Crippen LogP) is 3.36. The van der Waals surface area contributed by atoms with Gasteiger partial charge in [0.15, 0.2) is 4.96 Å². The molecule has 0 radical (unpaired) electrons. The van der Waals surface area contributed by atoms with Gasteiger partial charge in [-0.05, 0) is 12.1 Å². The summed E-state index contributed by atoms with van der Waals surface area (Å²) in [6.45, 7) is 0. The summed E-state index contributed by atoms with van der Waals surface area (Å²) in [4.78, 5) is 6.44. The van der Waals surface area contributed by atoms with Gasteiger partial charge in [-0.1, -0.05) is 11.6 Å². The summed E-state index contributed by atoms with van der Waals surface area (Å²) in [5.41, 5.74) is 6.71. The zero-order chi connectivity index (χ0) is 10.4. The van der Waals surface area contributed by atoms with E-state index in [2.05, 4.69) is 4.98 Å². The van der Waals surface area contributed by atoms with Gasteiger partial charge in [-0.2, -0.15) is 0 Å². The molecule has 0 aliphatic heterocycles. The standard InChI is InChI=1S/C9H6ClN3S2/c10-7-2-1-6(15-7)5-3-13-8(11)4-14-9(13)12-5/h1-4H,11H2. The minimum atomic E-state index is 0.719. The van der Waals surface area contributed by atoms with Crippen LogP contribution in [0.3, 0.4) is 0 Å². The number of hydrogen-bond acceptors (Lipinski definition) is 4. The van der Waals surface area contributed by atoms with Crippen LogP contribution >= 0.6 is 34.3 Å². The quantitative estimate of drug-likeness (QED) is 0.725. The number of aromatic nitrogens is 2. The first-order valence-corrected chi connectivity index (χ1v) is 6.29. The van der Waals surface area contributed by atoms with Gasteiger partial charge < -0.3 is 5.73 Å². The van der Waals surface area contributed by atoms with Gasteiger partial charge in [0.05, 0.1) is 9.21 Å². The number of imidazole rings is 1. The lowest BCUT2D eigenvalue weighted by Gasteiger charge is -1.87. The first kappa shape index (κ1) is 9.21. The average molecular weight is 256 g/mol. The molecule has 0 saturated heterocycles. The molecule has 6 heteroatoms. The Bertz CT molecular complexity index is 622. The van der Waals surface area contributed by atoms with Gasteiger partial charge in [0.2, 0.25) is 0 Å². The third-order valence-corrected chi connectivity index (χ3v) is 4.17. The maximum absolute atomic E-state index is 5.88. The van der Waals surface area contributed by atoms with Crippen LogP contribution in [0, 0.1) is 0 Å². The van der Waals surface area contributed by atoms with Crippen molar-refractivity contribution >= 4 is 45.1 Å². The van der Waals surface area contributed by atoms with Gasteiger partial charge in [0, 0.05) is 11.6 Å². The molecule has 0 aromatic carbocycles. The van der Waals surface area contributed by atoms with Gasteiger partial charge in [-0.25, -0.2) is 4.98 Å². The maximum atomic E-state index is 5.88. The number of thiazole rings is 1. The highest BCUT2D eigenvalue weighted by atomic mass is 35.5. The van der Waals surface area contributed by atoms with E-state index in [0.717, 1.165) is 25.7 Å². The molecule has 15 heavy (non-hydrogen) atoms. The Hall–Kier alpha value is -1.04. The Labute approximate surface area is 98.8 Å². The zero-order valence-corrected chi connectivity index (χ0v) is 9.86. The molecule has 0 unspecified atom stereocenters. The van der Waals surface area contributed by atoms with E-state index in [-0.39, 0.29) is 0 Å². The number of rotatable bonds is 1. The lowest BCUT2D eigenvalue weighted by atomic mass is 10.4. The third-order valence-electron chi connectivity index (χ3n) is 2.06. The van der Waals surface area contributed by atoms with Crippen LogP contribution < -0.4 is 5.73 Å². The second-order valence-electron chi connectivity index (χ2n) is 3.04. The highest BCUT2D eigenvalue weighted by Gasteiger charge is 2.09. The summed E-state index contributed by atoms with van der Waals surface area (Å²) in [6.07, 6.45) is 1.93. The number of nitrogen functional groups attached to an aromatic ring is 1. The molecule has 2 N–H and O–H groups in total. The molecule has 3 heterocycles. The molecule has 0 aliphatic carbocycles. The van der Waals surface area contributed by atoms with Crippen molar-refractivity contribution in [1.82, 2.24) is 9.38 Å². The summed E-state index contributed by atoms with van der Waals surface area (Å²) in [6, 6.07) is 3.84. The monoisotopic (exact) mass is 255 g/mol. The Morgan fingerprint density at radius 3 is 2.93 bits per heavy atom. The van der Waals surface area contributed by atoms with E-state index in [4.69, 9.17) is 17.3 Å². The maximum Gasteiger partial charge on any atom is 0.195 e. The number of anilines is 1. The molecule has 0 saturated carbocycles. The van der Waals surface area contributed by atoms with Crippen LogP contribution in [0.4, 0.5) is 5.82 Å². The lowest BCUT2D eigenvalue weighted by molar-refractivity contribution is 1.24. The lowest BCUT2D eigenvalue weighted by Crippen LogP contribution is -1.87. The van der Waals surface area contributed by atoms with Gasteiger partial charge in [-0.15, -0.1) is 22.7 Å². The minimum absolute atomic E-state index is 0.719. The van der Waals surface area contributed by atoms with Crippen molar-refractivity contribution in [3.05, 3.63) is 28.0 Å². The van der Waals surface area contributed by atoms with Crippen LogP contribution in [-0.4, -0.2) is 9.38 Å². The smallest absolute Gasteiger partial charge is 0.195 e. The van der Waals surface area contributed by atoms with Crippen LogP contribution in [0.15, 0.2) is 23.7 Å². The van der Waals surface area contributed by atoms with Gasteiger partial charge in [0.1, 0.15) is 11.5 Å². The molecule has 3 rings (SSSR count). The van der Waals surface area contributed by atoms with Gasteiger partial charge in [0.25, 0.3) is 0 Å². The second kappa shape index (κ2) is 3.23. The van der Waals surface area contributed by atoms with Crippen molar-refractivity contribution in [3.63, 3.8) is 0 Å². The predicted molar refractivity (Wildman–Crippen MR) is 65.8 cm³/mol.